The number of H-pyrrole nitrogens is 1. The summed E-state index contributed by atoms with van der Waals surface area (Å²) in [6.07, 6.45) is 1.53. The number of aryl methyl sites for hydroxylation is 1. The van der Waals surface area contributed by atoms with Crippen molar-refractivity contribution in [2.24, 2.45) is 0 Å². The normalized spacial score (nSPS) is 12.0. The van der Waals surface area contributed by atoms with Gasteiger partial charge in [-0.2, -0.15) is 9.40 Å². The van der Waals surface area contributed by atoms with E-state index in [2.05, 4.69) is 15.5 Å². The van der Waals surface area contributed by atoms with Crippen LogP contribution in [0.3, 0.4) is 0 Å². The van der Waals surface area contributed by atoms with Crippen LogP contribution in [-0.4, -0.2) is 37.0 Å². The summed E-state index contributed by atoms with van der Waals surface area (Å²) in [4.78, 5) is 0. The molecular weight excluding hydrogens is 288 g/mol. The van der Waals surface area contributed by atoms with Gasteiger partial charge in [-0.3, -0.25) is 5.10 Å². The van der Waals surface area contributed by atoms with Gasteiger partial charge >= 0.3 is 0 Å². The predicted molar refractivity (Wildman–Crippen MR) is 81.2 cm³/mol. The molecule has 0 aliphatic carbocycles. The minimum absolute atomic E-state index is 0.146. The van der Waals surface area contributed by atoms with E-state index in [1.54, 1.807) is 14.1 Å². The van der Waals surface area contributed by atoms with E-state index in [-0.39, 0.29) is 5.03 Å². The molecule has 2 aromatic rings. The highest BCUT2D eigenvalue weighted by molar-refractivity contribution is 7.89. The summed E-state index contributed by atoms with van der Waals surface area (Å²) in [6, 6.07) is 7.75. The van der Waals surface area contributed by atoms with Crippen LogP contribution >= 0.6 is 0 Å². The molecule has 0 fully saturated rings. The number of rotatable bonds is 6. The molecule has 0 bridgehead atoms. The number of hydrogen-bond acceptors (Lipinski definition) is 4. The van der Waals surface area contributed by atoms with E-state index < -0.39 is 10.0 Å². The smallest absolute Gasteiger partial charge is 0.260 e. The lowest BCUT2D eigenvalue weighted by Crippen LogP contribution is -2.28. The fraction of sp³-hybridized carbons (Fsp3) is 0.357. The molecule has 6 nitrogen and oxygen atoms in total. The zero-order valence-electron chi connectivity index (χ0n) is 12.4. The van der Waals surface area contributed by atoms with Crippen LogP contribution in [0, 0.1) is 6.92 Å². The molecule has 2 rings (SSSR count). The van der Waals surface area contributed by atoms with Gasteiger partial charge in [-0.05, 0) is 25.1 Å². The zero-order chi connectivity index (χ0) is 15.5. The molecule has 1 aromatic carbocycles. The molecule has 0 saturated carbocycles. The SMILES string of the molecule is CNCc1cn[nH]c1S(=O)(=O)N(C)Cc1ccccc1C. The van der Waals surface area contributed by atoms with Crippen LogP contribution in [0.5, 0.6) is 0 Å². The van der Waals surface area contributed by atoms with Crippen molar-refractivity contribution in [3.05, 3.63) is 47.2 Å². The van der Waals surface area contributed by atoms with Gasteiger partial charge in [0.05, 0.1) is 6.20 Å². The van der Waals surface area contributed by atoms with Gasteiger partial charge in [0.1, 0.15) is 0 Å². The Morgan fingerprint density at radius 1 is 1.29 bits per heavy atom. The zero-order valence-corrected chi connectivity index (χ0v) is 13.2. The van der Waals surface area contributed by atoms with E-state index in [0.29, 0.717) is 18.7 Å². The quantitative estimate of drug-likeness (QED) is 0.842. The standard InChI is InChI=1S/C14H20N4O2S/c1-11-6-4-5-7-12(11)10-18(3)21(19,20)14-13(8-15-2)9-16-17-14/h4-7,9,15H,8,10H2,1-3H3,(H,16,17). The van der Waals surface area contributed by atoms with Gasteiger partial charge < -0.3 is 5.32 Å². The first kappa shape index (κ1) is 15.7. The molecule has 0 saturated heterocycles. The number of benzene rings is 1. The molecule has 0 unspecified atom stereocenters. The number of aromatic amines is 1. The highest BCUT2D eigenvalue weighted by Gasteiger charge is 2.26. The maximum atomic E-state index is 12.6. The highest BCUT2D eigenvalue weighted by atomic mass is 32.2. The van der Waals surface area contributed by atoms with E-state index >= 15 is 0 Å². The molecule has 0 atom stereocenters. The Morgan fingerprint density at radius 2 is 2.00 bits per heavy atom. The first-order chi connectivity index (χ1) is 9.96. The Bertz CT molecular complexity index is 709. The van der Waals surface area contributed by atoms with Crippen molar-refractivity contribution >= 4 is 10.0 Å². The minimum Gasteiger partial charge on any atom is -0.316 e. The van der Waals surface area contributed by atoms with Crippen LogP contribution < -0.4 is 5.32 Å². The summed E-state index contributed by atoms with van der Waals surface area (Å²) in [7, 11) is -0.249. The summed E-state index contributed by atoms with van der Waals surface area (Å²) >= 11 is 0. The Balaban J connectivity index is 2.27. The van der Waals surface area contributed by atoms with Gasteiger partial charge in [-0.1, -0.05) is 24.3 Å². The lowest BCUT2D eigenvalue weighted by atomic mass is 10.1. The Morgan fingerprint density at radius 3 is 2.67 bits per heavy atom. The Hall–Kier alpha value is -1.70. The molecule has 1 heterocycles. The second-order valence-corrected chi connectivity index (χ2v) is 6.92. The van der Waals surface area contributed by atoms with Crippen molar-refractivity contribution in [3.8, 4) is 0 Å². The fourth-order valence-corrected chi connectivity index (χ4v) is 3.35. The van der Waals surface area contributed by atoms with Gasteiger partial charge in [0.25, 0.3) is 10.0 Å². The maximum absolute atomic E-state index is 12.6. The van der Waals surface area contributed by atoms with Gasteiger partial charge in [-0.25, -0.2) is 8.42 Å². The molecule has 7 heteroatoms. The molecule has 0 spiro atoms. The average Bonchev–Trinajstić information content (AvgIpc) is 2.90. The van der Waals surface area contributed by atoms with Gasteiger partial charge in [0, 0.05) is 25.7 Å². The average molecular weight is 308 g/mol. The summed E-state index contributed by atoms with van der Waals surface area (Å²) in [5, 5.41) is 9.52. The van der Waals surface area contributed by atoms with Crippen LogP contribution in [0.1, 0.15) is 16.7 Å². The predicted octanol–water partition coefficient (Wildman–Crippen LogP) is 1.26. The van der Waals surface area contributed by atoms with Crippen molar-refractivity contribution < 1.29 is 8.42 Å². The first-order valence-electron chi connectivity index (χ1n) is 6.64. The maximum Gasteiger partial charge on any atom is 0.260 e. The van der Waals surface area contributed by atoms with Gasteiger partial charge in [0.15, 0.2) is 5.03 Å². The topological polar surface area (TPSA) is 78.1 Å². The summed E-state index contributed by atoms with van der Waals surface area (Å²) in [6.45, 7) is 2.74. The number of aromatic nitrogens is 2. The molecule has 0 aliphatic heterocycles. The fourth-order valence-electron chi connectivity index (χ4n) is 2.11. The van der Waals surface area contributed by atoms with Crippen LogP contribution in [0.25, 0.3) is 0 Å². The molecule has 0 radical (unpaired) electrons. The molecule has 2 N–H and O–H groups in total. The minimum atomic E-state index is -3.59. The third kappa shape index (κ3) is 3.31. The van der Waals surface area contributed by atoms with Crippen LogP contribution in [0.2, 0.25) is 0 Å². The Labute approximate surface area is 125 Å². The van der Waals surface area contributed by atoms with Crippen molar-refractivity contribution in [2.75, 3.05) is 14.1 Å². The molecule has 114 valence electrons. The van der Waals surface area contributed by atoms with Crippen molar-refractivity contribution in [1.82, 2.24) is 19.8 Å². The molecule has 0 aliphatic rings. The van der Waals surface area contributed by atoms with E-state index in [0.717, 1.165) is 11.1 Å². The first-order valence-corrected chi connectivity index (χ1v) is 8.08. The van der Waals surface area contributed by atoms with Crippen LogP contribution in [0.15, 0.2) is 35.5 Å². The van der Waals surface area contributed by atoms with E-state index in [9.17, 15) is 8.42 Å². The summed E-state index contributed by atoms with van der Waals surface area (Å²) in [5.41, 5.74) is 2.69. The monoisotopic (exact) mass is 308 g/mol. The molecule has 1 aromatic heterocycles. The lowest BCUT2D eigenvalue weighted by molar-refractivity contribution is 0.462. The number of sulfonamides is 1. The van der Waals surface area contributed by atoms with Crippen molar-refractivity contribution in [3.63, 3.8) is 0 Å². The van der Waals surface area contributed by atoms with Crippen molar-refractivity contribution in [2.45, 2.75) is 25.0 Å². The number of hydrogen-bond donors (Lipinski definition) is 2. The van der Waals surface area contributed by atoms with E-state index in [4.69, 9.17) is 0 Å². The molecular formula is C14H20N4O2S. The molecule has 21 heavy (non-hydrogen) atoms. The van der Waals surface area contributed by atoms with Crippen molar-refractivity contribution in [1.29, 1.82) is 0 Å². The number of nitrogens with zero attached hydrogens (tertiary/aromatic N) is 2. The Kier molecular flexibility index (Phi) is 4.76. The summed E-state index contributed by atoms with van der Waals surface area (Å²) < 4.78 is 26.6. The second kappa shape index (κ2) is 6.38. The lowest BCUT2D eigenvalue weighted by Gasteiger charge is -2.18. The summed E-state index contributed by atoms with van der Waals surface area (Å²) in [5.74, 6) is 0. The van der Waals surface area contributed by atoms with Gasteiger partial charge in [0.2, 0.25) is 0 Å². The number of nitrogens with one attached hydrogen (secondary N) is 2. The van der Waals surface area contributed by atoms with E-state index in [1.165, 1.54) is 10.5 Å². The van der Waals surface area contributed by atoms with Crippen LogP contribution in [-0.2, 0) is 23.1 Å². The second-order valence-electron chi connectivity index (χ2n) is 4.94. The third-order valence-corrected chi connectivity index (χ3v) is 5.19. The highest BCUT2D eigenvalue weighted by Crippen LogP contribution is 2.19. The van der Waals surface area contributed by atoms with Gasteiger partial charge in [-0.15, -0.1) is 0 Å². The largest absolute Gasteiger partial charge is 0.316 e. The third-order valence-electron chi connectivity index (χ3n) is 3.37. The van der Waals surface area contributed by atoms with Crippen LogP contribution in [0.4, 0.5) is 0 Å². The van der Waals surface area contributed by atoms with E-state index in [1.807, 2.05) is 31.2 Å². The molecule has 0 amide bonds.